The summed E-state index contributed by atoms with van der Waals surface area (Å²) in [6.45, 7) is 2.05. The molecule has 1 rings (SSSR count). The van der Waals surface area contributed by atoms with Crippen molar-refractivity contribution in [1.29, 1.82) is 0 Å². The second kappa shape index (κ2) is 6.33. The molecule has 0 saturated heterocycles. The summed E-state index contributed by atoms with van der Waals surface area (Å²) < 4.78 is 0. The van der Waals surface area contributed by atoms with E-state index in [0.29, 0.717) is 5.88 Å². The molecule has 1 aromatic rings. The Morgan fingerprint density at radius 2 is 2.25 bits per heavy atom. The molecule has 0 saturated carbocycles. The summed E-state index contributed by atoms with van der Waals surface area (Å²) in [6.07, 6.45) is 4.63. The second-order valence-electron chi connectivity index (χ2n) is 3.65. The maximum atomic E-state index is 10.4. The van der Waals surface area contributed by atoms with Crippen molar-refractivity contribution in [3.05, 3.63) is 41.0 Å². The van der Waals surface area contributed by atoms with Gasteiger partial charge in [-0.1, -0.05) is 18.2 Å². The van der Waals surface area contributed by atoms with E-state index in [-0.39, 0.29) is 0 Å². The molecule has 0 amide bonds. The second-order valence-corrected chi connectivity index (χ2v) is 4.03. The lowest BCUT2D eigenvalue weighted by Crippen LogP contribution is -1.92. The SMILES string of the molecule is Cc1ccc(/C=C/C(=O)O)cc1CCCCl. The number of carboxylic acid groups (broad SMARTS) is 1. The Labute approximate surface area is 101 Å². The maximum Gasteiger partial charge on any atom is 0.328 e. The Hall–Kier alpha value is -1.28. The molecule has 0 heterocycles. The predicted octanol–water partition coefficient (Wildman–Crippen LogP) is 3.26. The molecule has 0 radical (unpaired) electrons. The van der Waals surface area contributed by atoms with Crippen molar-refractivity contribution >= 4 is 23.6 Å². The van der Waals surface area contributed by atoms with E-state index in [1.807, 2.05) is 25.1 Å². The monoisotopic (exact) mass is 238 g/mol. The topological polar surface area (TPSA) is 37.3 Å². The van der Waals surface area contributed by atoms with Crippen molar-refractivity contribution in [2.45, 2.75) is 19.8 Å². The van der Waals surface area contributed by atoms with Crippen LogP contribution in [0.25, 0.3) is 6.08 Å². The number of aryl methyl sites for hydroxylation is 2. The van der Waals surface area contributed by atoms with Crippen molar-refractivity contribution in [2.75, 3.05) is 5.88 Å². The van der Waals surface area contributed by atoms with Crippen molar-refractivity contribution in [3.63, 3.8) is 0 Å². The molecule has 0 fully saturated rings. The third-order valence-electron chi connectivity index (χ3n) is 2.37. The highest BCUT2D eigenvalue weighted by molar-refractivity contribution is 6.17. The van der Waals surface area contributed by atoms with Gasteiger partial charge in [0.2, 0.25) is 0 Å². The number of hydrogen-bond acceptors (Lipinski definition) is 1. The van der Waals surface area contributed by atoms with Gasteiger partial charge in [-0.2, -0.15) is 0 Å². The molecule has 0 aliphatic heterocycles. The average Bonchev–Trinajstić information content (AvgIpc) is 2.26. The van der Waals surface area contributed by atoms with Crippen molar-refractivity contribution in [2.24, 2.45) is 0 Å². The van der Waals surface area contributed by atoms with E-state index in [1.165, 1.54) is 11.1 Å². The maximum absolute atomic E-state index is 10.4. The zero-order valence-corrected chi connectivity index (χ0v) is 10.00. The molecule has 2 nitrogen and oxygen atoms in total. The largest absolute Gasteiger partial charge is 0.478 e. The molecule has 0 unspecified atom stereocenters. The number of carboxylic acids is 1. The highest BCUT2D eigenvalue weighted by Crippen LogP contribution is 2.14. The van der Waals surface area contributed by atoms with Crippen LogP contribution in [-0.2, 0) is 11.2 Å². The fourth-order valence-electron chi connectivity index (χ4n) is 1.49. The fraction of sp³-hybridized carbons (Fsp3) is 0.308. The molecule has 0 aliphatic rings. The van der Waals surface area contributed by atoms with E-state index in [4.69, 9.17) is 16.7 Å². The first-order valence-corrected chi connectivity index (χ1v) is 5.73. The van der Waals surface area contributed by atoms with Gasteiger partial charge in [-0.05, 0) is 42.5 Å². The van der Waals surface area contributed by atoms with Gasteiger partial charge in [0.25, 0.3) is 0 Å². The van der Waals surface area contributed by atoms with E-state index in [9.17, 15) is 4.79 Å². The van der Waals surface area contributed by atoms with E-state index < -0.39 is 5.97 Å². The lowest BCUT2D eigenvalue weighted by Gasteiger charge is -2.05. The molecule has 0 aliphatic carbocycles. The smallest absolute Gasteiger partial charge is 0.328 e. The summed E-state index contributed by atoms with van der Waals surface area (Å²) in [5.41, 5.74) is 3.36. The predicted molar refractivity (Wildman–Crippen MR) is 66.9 cm³/mol. The molecule has 86 valence electrons. The third kappa shape index (κ3) is 4.07. The highest BCUT2D eigenvalue weighted by Gasteiger charge is 1.99. The summed E-state index contributed by atoms with van der Waals surface area (Å²) in [7, 11) is 0. The Kier molecular flexibility index (Phi) is 5.06. The van der Waals surface area contributed by atoms with Crippen LogP contribution in [0.4, 0.5) is 0 Å². The molecular formula is C13H15ClO2. The fourth-order valence-corrected chi connectivity index (χ4v) is 1.62. The van der Waals surface area contributed by atoms with E-state index in [2.05, 4.69) is 0 Å². The minimum absolute atomic E-state index is 0.647. The summed E-state index contributed by atoms with van der Waals surface area (Å²) >= 11 is 5.65. The number of carbonyl (C=O) groups is 1. The number of aliphatic carboxylic acids is 1. The molecule has 0 bridgehead atoms. The van der Waals surface area contributed by atoms with Gasteiger partial charge in [0.15, 0.2) is 0 Å². The first-order chi connectivity index (χ1) is 7.63. The molecule has 1 N–H and O–H groups in total. The lowest BCUT2D eigenvalue weighted by atomic mass is 10.0. The molecule has 0 atom stereocenters. The van der Waals surface area contributed by atoms with Gasteiger partial charge in [-0.3, -0.25) is 0 Å². The summed E-state index contributed by atoms with van der Waals surface area (Å²) in [5, 5.41) is 8.54. The van der Waals surface area contributed by atoms with Gasteiger partial charge in [0, 0.05) is 12.0 Å². The van der Waals surface area contributed by atoms with Crippen LogP contribution in [0, 0.1) is 6.92 Å². The summed E-state index contributed by atoms with van der Waals surface area (Å²) in [5.74, 6) is -0.280. The molecule has 1 aromatic carbocycles. The summed E-state index contributed by atoms with van der Waals surface area (Å²) in [6, 6.07) is 5.94. The number of halogens is 1. The van der Waals surface area contributed by atoms with Crippen LogP contribution in [0.15, 0.2) is 24.3 Å². The van der Waals surface area contributed by atoms with Crippen LogP contribution < -0.4 is 0 Å². The van der Waals surface area contributed by atoms with Crippen LogP contribution in [0.2, 0.25) is 0 Å². The Morgan fingerprint density at radius 3 is 2.88 bits per heavy atom. The molecular weight excluding hydrogens is 224 g/mol. The number of hydrogen-bond donors (Lipinski definition) is 1. The minimum Gasteiger partial charge on any atom is -0.478 e. The molecule has 0 spiro atoms. The van der Waals surface area contributed by atoms with Crippen molar-refractivity contribution in [1.82, 2.24) is 0 Å². The van der Waals surface area contributed by atoms with Crippen LogP contribution in [0.5, 0.6) is 0 Å². The van der Waals surface area contributed by atoms with E-state index >= 15 is 0 Å². The zero-order chi connectivity index (χ0) is 12.0. The van der Waals surface area contributed by atoms with Gasteiger partial charge < -0.3 is 5.11 Å². The number of rotatable bonds is 5. The molecule has 3 heteroatoms. The molecule has 0 aromatic heterocycles. The van der Waals surface area contributed by atoms with Gasteiger partial charge in [0.1, 0.15) is 0 Å². The normalized spacial score (nSPS) is 10.9. The van der Waals surface area contributed by atoms with Gasteiger partial charge in [-0.25, -0.2) is 4.79 Å². The molecule has 16 heavy (non-hydrogen) atoms. The third-order valence-corrected chi connectivity index (χ3v) is 2.64. The van der Waals surface area contributed by atoms with E-state index in [1.54, 1.807) is 6.08 Å². The van der Waals surface area contributed by atoms with Crippen LogP contribution in [-0.4, -0.2) is 17.0 Å². The minimum atomic E-state index is -0.928. The van der Waals surface area contributed by atoms with Gasteiger partial charge in [0.05, 0.1) is 0 Å². The van der Waals surface area contributed by atoms with Crippen LogP contribution in [0.1, 0.15) is 23.1 Å². The van der Waals surface area contributed by atoms with Crippen molar-refractivity contribution < 1.29 is 9.90 Å². The Morgan fingerprint density at radius 1 is 1.50 bits per heavy atom. The lowest BCUT2D eigenvalue weighted by molar-refractivity contribution is -0.131. The first-order valence-electron chi connectivity index (χ1n) is 5.20. The standard InChI is InChI=1S/C13H15ClO2/c1-10-4-5-11(6-7-13(15)16)9-12(10)3-2-8-14/h4-7,9H,2-3,8H2,1H3,(H,15,16)/b7-6+. The summed E-state index contributed by atoms with van der Waals surface area (Å²) in [4.78, 5) is 10.4. The Balaban J connectivity index is 2.84. The van der Waals surface area contributed by atoms with Crippen LogP contribution >= 0.6 is 11.6 Å². The highest BCUT2D eigenvalue weighted by atomic mass is 35.5. The number of benzene rings is 1. The zero-order valence-electron chi connectivity index (χ0n) is 9.24. The average molecular weight is 239 g/mol. The number of alkyl halides is 1. The van der Waals surface area contributed by atoms with Gasteiger partial charge >= 0.3 is 5.97 Å². The van der Waals surface area contributed by atoms with Gasteiger partial charge in [-0.15, -0.1) is 11.6 Å². The van der Waals surface area contributed by atoms with Crippen LogP contribution in [0.3, 0.4) is 0 Å². The Bertz CT molecular complexity index is 397. The van der Waals surface area contributed by atoms with E-state index in [0.717, 1.165) is 24.5 Å². The first kappa shape index (κ1) is 12.8. The quantitative estimate of drug-likeness (QED) is 0.632. The van der Waals surface area contributed by atoms with Crippen molar-refractivity contribution in [3.8, 4) is 0 Å².